The molecule has 3 aromatic carbocycles. The van der Waals surface area contributed by atoms with Crippen LogP contribution in [0.25, 0.3) is 0 Å². The molecule has 0 aromatic heterocycles. The lowest BCUT2D eigenvalue weighted by atomic mass is 9.83. The first-order chi connectivity index (χ1) is 18.2. The Labute approximate surface area is 221 Å². The molecule has 0 heterocycles. The summed E-state index contributed by atoms with van der Waals surface area (Å²) in [6, 6.07) is 17.0. The normalized spacial score (nSPS) is 13.3. The van der Waals surface area contributed by atoms with Crippen molar-refractivity contribution >= 4 is 11.9 Å². The van der Waals surface area contributed by atoms with Gasteiger partial charge in [0.1, 0.15) is 0 Å². The molecule has 3 rings (SSSR count). The van der Waals surface area contributed by atoms with Crippen molar-refractivity contribution in [1.29, 1.82) is 0 Å². The topological polar surface area (TPSA) is 57.6 Å². The molecular formula is C29H25F6NO3. The molecule has 1 N–H and O–H groups in total. The number of hydrogen-bond acceptors (Lipinski definition) is 2. The zero-order chi connectivity index (χ0) is 29.0. The molecule has 10 heteroatoms. The van der Waals surface area contributed by atoms with Crippen LogP contribution in [0.15, 0.2) is 90.5 Å². The maximum absolute atomic E-state index is 13.6. The summed E-state index contributed by atoms with van der Waals surface area (Å²) in [7, 11) is 1.23. The van der Waals surface area contributed by atoms with E-state index in [1.165, 1.54) is 13.1 Å². The van der Waals surface area contributed by atoms with Crippen LogP contribution >= 0.6 is 0 Å². The molecule has 4 nitrogen and oxygen atoms in total. The lowest BCUT2D eigenvalue weighted by Crippen LogP contribution is -2.41. The SMILES string of the molecule is CCC(=CC(C(c1ccccc1)c1ccccc1)N(C)C(=O)c1cc(C(F)(F)F)cc(C(F)(F)F)c1)C(=O)O. The Morgan fingerprint density at radius 1 is 0.821 bits per heavy atom. The van der Waals surface area contributed by atoms with Gasteiger partial charge in [-0.25, -0.2) is 4.79 Å². The van der Waals surface area contributed by atoms with Gasteiger partial charge in [0.05, 0.1) is 17.2 Å². The molecule has 39 heavy (non-hydrogen) atoms. The van der Waals surface area contributed by atoms with Gasteiger partial charge < -0.3 is 10.0 Å². The molecule has 0 aliphatic carbocycles. The second-order valence-electron chi connectivity index (χ2n) is 8.85. The quantitative estimate of drug-likeness (QED) is 0.235. The summed E-state index contributed by atoms with van der Waals surface area (Å²) in [6.45, 7) is 1.58. The Morgan fingerprint density at radius 3 is 1.62 bits per heavy atom. The van der Waals surface area contributed by atoms with Crippen LogP contribution in [0.2, 0.25) is 0 Å². The number of aliphatic carboxylic acids is 1. The maximum Gasteiger partial charge on any atom is 0.416 e. The van der Waals surface area contributed by atoms with Gasteiger partial charge in [-0.3, -0.25) is 4.79 Å². The minimum Gasteiger partial charge on any atom is -0.478 e. The van der Waals surface area contributed by atoms with Gasteiger partial charge in [-0.1, -0.05) is 73.7 Å². The Balaban J connectivity index is 2.24. The smallest absolute Gasteiger partial charge is 0.416 e. The summed E-state index contributed by atoms with van der Waals surface area (Å²) in [5.74, 6) is -3.10. The van der Waals surface area contributed by atoms with E-state index in [9.17, 15) is 41.0 Å². The minimum absolute atomic E-state index is 0.0511. The van der Waals surface area contributed by atoms with E-state index in [0.717, 1.165) is 4.90 Å². The summed E-state index contributed by atoms with van der Waals surface area (Å²) in [6.07, 6.45) is -8.89. The molecule has 3 aromatic rings. The molecule has 0 radical (unpaired) electrons. The van der Waals surface area contributed by atoms with E-state index >= 15 is 0 Å². The van der Waals surface area contributed by atoms with Crippen LogP contribution < -0.4 is 0 Å². The van der Waals surface area contributed by atoms with Gasteiger partial charge in [-0.05, 0) is 35.7 Å². The predicted octanol–water partition coefficient (Wildman–Crippen LogP) is 7.42. The first kappa shape index (κ1) is 29.5. The largest absolute Gasteiger partial charge is 0.478 e. The maximum atomic E-state index is 13.6. The Morgan fingerprint density at radius 2 is 1.26 bits per heavy atom. The van der Waals surface area contributed by atoms with Crippen LogP contribution in [0.5, 0.6) is 0 Å². The van der Waals surface area contributed by atoms with Gasteiger partial charge in [-0.2, -0.15) is 26.3 Å². The third-order valence-electron chi connectivity index (χ3n) is 6.29. The molecule has 0 aliphatic heterocycles. The molecule has 0 saturated heterocycles. The fourth-order valence-corrected chi connectivity index (χ4v) is 4.30. The highest BCUT2D eigenvalue weighted by atomic mass is 19.4. The second kappa shape index (κ2) is 11.8. The van der Waals surface area contributed by atoms with Gasteiger partial charge in [0, 0.05) is 24.1 Å². The van der Waals surface area contributed by atoms with Crippen molar-refractivity contribution < 1.29 is 41.0 Å². The van der Waals surface area contributed by atoms with Crippen LogP contribution in [0, 0.1) is 0 Å². The Hall–Kier alpha value is -4.08. The van der Waals surface area contributed by atoms with E-state index < -0.39 is 52.9 Å². The first-order valence-corrected chi connectivity index (χ1v) is 11.8. The number of rotatable bonds is 8. The van der Waals surface area contributed by atoms with Crippen molar-refractivity contribution in [3.05, 3.63) is 118 Å². The first-order valence-electron chi connectivity index (χ1n) is 11.8. The summed E-state index contributed by atoms with van der Waals surface area (Å²) in [5.41, 5.74) is -2.83. The third-order valence-corrected chi connectivity index (χ3v) is 6.29. The Kier molecular flexibility index (Phi) is 8.88. The van der Waals surface area contributed by atoms with Gasteiger partial charge >= 0.3 is 18.3 Å². The van der Waals surface area contributed by atoms with Crippen molar-refractivity contribution in [3.8, 4) is 0 Å². The van der Waals surface area contributed by atoms with Crippen molar-refractivity contribution in [3.63, 3.8) is 0 Å². The highest BCUT2D eigenvalue weighted by molar-refractivity contribution is 5.95. The number of carbonyl (C=O) groups excluding carboxylic acids is 1. The number of benzene rings is 3. The molecule has 0 saturated carbocycles. The van der Waals surface area contributed by atoms with Gasteiger partial charge in [0.15, 0.2) is 0 Å². The summed E-state index contributed by atoms with van der Waals surface area (Å²) < 4.78 is 80.8. The van der Waals surface area contributed by atoms with E-state index in [1.54, 1.807) is 67.6 Å². The molecule has 1 amide bonds. The molecule has 0 fully saturated rings. The molecule has 1 unspecified atom stereocenters. The van der Waals surface area contributed by atoms with Gasteiger partial charge in [0.2, 0.25) is 0 Å². The number of amides is 1. The fraction of sp³-hybridized carbons (Fsp3) is 0.241. The van der Waals surface area contributed by atoms with Crippen LogP contribution in [0.3, 0.4) is 0 Å². The standard InChI is InChI=1S/C29H25F6NO3/c1-3-18(27(38)39)16-24(25(19-10-6-4-7-11-19)20-12-8-5-9-13-20)36(2)26(37)21-14-22(28(30,31)32)17-23(15-21)29(33,34)35/h4-17,24-25H,3H2,1-2H3,(H,38,39). The Bertz CT molecular complexity index is 1260. The van der Waals surface area contributed by atoms with Crippen LogP contribution in [-0.2, 0) is 17.1 Å². The predicted molar refractivity (Wildman–Crippen MR) is 133 cm³/mol. The molecule has 0 spiro atoms. The lowest BCUT2D eigenvalue weighted by Gasteiger charge is -2.34. The number of carbonyl (C=O) groups is 2. The van der Waals surface area contributed by atoms with Crippen molar-refractivity contribution in [2.24, 2.45) is 0 Å². The fourth-order valence-electron chi connectivity index (χ4n) is 4.30. The third kappa shape index (κ3) is 7.07. The average Bonchev–Trinajstić information content (AvgIpc) is 2.89. The lowest BCUT2D eigenvalue weighted by molar-refractivity contribution is -0.143. The minimum atomic E-state index is -5.14. The van der Waals surface area contributed by atoms with E-state index in [1.807, 2.05) is 0 Å². The van der Waals surface area contributed by atoms with Crippen molar-refractivity contribution in [1.82, 2.24) is 4.90 Å². The van der Waals surface area contributed by atoms with Gasteiger partial charge in [0.25, 0.3) is 5.91 Å². The van der Waals surface area contributed by atoms with Crippen molar-refractivity contribution in [2.75, 3.05) is 7.05 Å². The molecule has 206 valence electrons. The number of halogens is 6. The van der Waals surface area contributed by atoms with E-state index in [4.69, 9.17) is 0 Å². The van der Waals surface area contributed by atoms with E-state index in [0.29, 0.717) is 23.3 Å². The zero-order valence-electron chi connectivity index (χ0n) is 20.9. The number of alkyl halides is 6. The summed E-state index contributed by atoms with van der Waals surface area (Å²) in [4.78, 5) is 26.5. The number of carboxylic acids is 1. The zero-order valence-corrected chi connectivity index (χ0v) is 20.9. The van der Waals surface area contributed by atoms with Crippen LogP contribution in [0.1, 0.15) is 51.9 Å². The number of hydrogen-bond donors (Lipinski definition) is 1. The van der Waals surface area contributed by atoms with Crippen molar-refractivity contribution in [2.45, 2.75) is 37.7 Å². The van der Waals surface area contributed by atoms with Gasteiger partial charge in [-0.15, -0.1) is 0 Å². The van der Waals surface area contributed by atoms with Crippen LogP contribution in [-0.4, -0.2) is 35.0 Å². The van der Waals surface area contributed by atoms with E-state index in [-0.39, 0.29) is 18.1 Å². The molecule has 1 atom stereocenters. The summed E-state index contributed by atoms with van der Waals surface area (Å²) in [5, 5.41) is 9.71. The average molecular weight is 550 g/mol. The van der Waals surface area contributed by atoms with Crippen LogP contribution in [0.4, 0.5) is 26.3 Å². The number of carboxylic acid groups (broad SMARTS) is 1. The summed E-state index contributed by atoms with van der Waals surface area (Å²) >= 11 is 0. The molecule has 0 aliphatic rings. The number of likely N-dealkylation sites (N-methyl/N-ethyl adjacent to an activating group) is 1. The highest BCUT2D eigenvalue weighted by Crippen LogP contribution is 2.38. The number of nitrogens with zero attached hydrogens (tertiary/aromatic N) is 1. The monoisotopic (exact) mass is 549 g/mol. The molecule has 0 bridgehead atoms. The second-order valence-corrected chi connectivity index (χ2v) is 8.85. The highest BCUT2D eigenvalue weighted by Gasteiger charge is 2.39. The molecular weight excluding hydrogens is 524 g/mol. The van der Waals surface area contributed by atoms with E-state index in [2.05, 4.69) is 0 Å².